The summed E-state index contributed by atoms with van der Waals surface area (Å²) in [5, 5.41) is 6.10. The highest BCUT2D eigenvalue weighted by Crippen LogP contribution is 2.14. The summed E-state index contributed by atoms with van der Waals surface area (Å²) in [7, 11) is 1.61. The van der Waals surface area contributed by atoms with E-state index in [1.807, 2.05) is 18.2 Å². The topological polar surface area (TPSA) is 80.3 Å². The van der Waals surface area contributed by atoms with Crippen molar-refractivity contribution in [2.45, 2.75) is 13.0 Å². The number of aromatic nitrogens is 1. The van der Waals surface area contributed by atoms with Crippen LogP contribution in [0.4, 0.5) is 0 Å². The maximum absolute atomic E-state index is 12.2. The van der Waals surface area contributed by atoms with E-state index < -0.39 is 0 Å². The molecule has 0 aliphatic carbocycles. The normalized spacial score (nSPS) is 10.3. The third-order valence-corrected chi connectivity index (χ3v) is 3.83. The molecule has 1 aromatic carbocycles. The minimum atomic E-state index is -0.367. The van der Waals surface area contributed by atoms with E-state index in [1.165, 1.54) is 12.3 Å². The quantitative estimate of drug-likeness (QED) is 0.708. The van der Waals surface area contributed by atoms with Crippen molar-refractivity contribution in [1.82, 2.24) is 15.6 Å². The zero-order chi connectivity index (χ0) is 18.1. The summed E-state index contributed by atoms with van der Waals surface area (Å²) in [5.74, 6) is -0.618. The Morgan fingerprint density at radius 1 is 1.16 bits per heavy atom. The SMILES string of the molecule is COCCCNC(=O)c1ccnc(C(=O)NCc2ccccc2Cl)c1. The van der Waals surface area contributed by atoms with Crippen LogP contribution in [0.5, 0.6) is 0 Å². The van der Waals surface area contributed by atoms with Crippen molar-refractivity contribution in [2.75, 3.05) is 20.3 Å². The van der Waals surface area contributed by atoms with Gasteiger partial charge >= 0.3 is 0 Å². The number of ether oxygens (including phenoxy) is 1. The number of halogens is 1. The molecular weight excluding hydrogens is 342 g/mol. The van der Waals surface area contributed by atoms with Crippen LogP contribution in [0.15, 0.2) is 42.6 Å². The second-order valence-corrected chi connectivity index (χ2v) is 5.71. The van der Waals surface area contributed by atoms with E-state index in [1.54, 1.807) is 19.2 Å². The molecule has 7 heteroatoms. The van der Waals surface area contributed by atoms with E-state index in [4.69, 9.17) is 16.3 Å². The largest absolute Gasteiger partial charge is 0.385 e. The van der Waals surface area contributed by atoms with E-state index in [-0.39, 0.29) is 24.1 Å². The molecule has 0 radical (unpaired) electrons. The Hall–Kier alpha value is -2.44. The second-order valence-electron chi connectivity index (χ2n) is 5.31. The predicted molar refractivity (Wildman–Crippen MR) is 95.7 cm³/mol. The second kappa shape index (κ2) is 9.76. The summed E-state index contributed by atoms with van der Waals surface area (Å²) in [4.78, 5) is 28.3. The summed E-state index contributed by atoms with van der Waals surface area (Å²) in [6.07, 6.45) is 2.16. The molecule has 0 aliphatic heterocycles. The first-order chi connectivity index (χ1) is 12.1. The monoisotopic (exact) mass is 361 g/mol. The lowest BCUT2D eigenvalue weighted by Crippen LogP contribution is -2.27. The van der Waals surface area contributed by atoms with E-state index in [0.717, 1.165) is 12.0 Å². The molecule has 0 unspecified atom stereocenters. The predicted octanol–water partition coefficient (Wildman–Crippen LogP) is 2.43. The van der Waals surface area contributed by atoms with E-state index in [0.29, 0.717) is 23.7 Å². The number of amides is 2. The van der Waals surface area contributed by atoms with Gasteiger partial charge in [0.25, 0.3) is 11.8 Å². The molecule has 1 aromatic heterocycles. The van der Waals surface area contributed by atoms with E-state index in [9.17, 15) is 9.59 Å². The third-order valence-electron chi connectivity index (χ3n) is 3.46. The van der Waals surface area contributed by atoms with Gasteiger partial charge in [0.2, 0.25) is 0 Å². The Kier molecular flexibility index (Phi) is 7.37. The van der Waals surface area contributed by atoms with Gasteiger partial charge < -0.3 is 15.4 Å². The number of hydrogen-bond acceptors (Lipinski definition) is 4. The molecule has 0 saturated heterocycles. The number of methoxy groups -OCH3 is 1. The molecule has 2 rings (SSSR count). The Bertz CT molecular complexity index is 737. The molecule has 132 valence electrons. The van der Waals surface area contributed by atoms with Gasteiger partial charge in [-0.15, -0.1) is 0 Å². The highest BCUT2D eigenvalue weighted by molar-refractivity contribution is 6.31. The highest BCUT2D eigenvalue weighted by atomic mass is 35.5. The molecule has 0 saturated carbocycles. The van der Waals surface area contributed by atoms with Crippen LogP contribution in [0.25, 0.3) is 0 Å². The zero-order valence-corrected chi connectivity index (χ0v) is 14.7. The van der Waals surface area contributed by atoms with Crippen LogP contribution in [-0.4, -0.2) is 37.1 Å². The van der Waals surface area contributed by atoms with E-state index in [2.05, 4.69) is 15.6 Å². The van der Waals surface area contributed by atoms with Gasteiger partial charge in [-0.1, -0.05) is 29.8 Å². The van der Waals surface area contributed by atoms with Crippen molar-refractivity contribution < 1.29 is 14.3 Å². The Labute approximate surface area is 151 Å². The van der Waals surface area contributed by atoms with Gasteiger partial charge in [0.05, 0.1) is 0 Å². The fraction of sp³-hybridized carbons (Fsp3) is 0.278. The number of rotatable bonds is 8. The van der Waals surface area contributed by atoms with Crippen LogP contribution in [0.1, 0.15) is 32.8 Å². The molecule has 25 heavy (non-hydrogen) atoms. The molecule has 1 heterocycles. The Morgan fingerprint density at radius 2 is 1.96 bits per heavy atom. The first-order valence-electron chi connectivity index (χ1n) is 7.86. The lowest BCUT2D eigenvalue weighted by molar-refractivity contribution is 0.0946. The minimum Gasteiger partial charge on any atom is -0.385 e. The fourth-order valence-corrected chi connectivity index (χ4v) is 2.33. The number of carbonyl (C=O) groups excluding carboxylic acids is 2. The van der Waals surface area contributed by atoms with E-state index >= 15 is 0 Å². The molecule has 2 amide bonds. The summed E-state index contributed by atoms with van der Waals surface area (Å²) in [5.41, 5.74) is 1.37. The summed E-state index contributed by atoms with van der Waals surface area (Å²) in [6, 6.07) is 10.3. The van der Waals surface area contributed by atoms with Gasteiger partial charge in [0, 0.05) is 43.6 Å². The van der Waals surface area contributed by atoms with Crippen LogP contribution >= 0.6 is 11.6 Å². The van der Waals surface area contributed by atoms with Gasteiger partial charge in [-0.2, -0.15) is 0 Å². The fourth-order valence-electron chi connectivity index (χ4n) is 2.12. The van der Waals surface area contributed by atoms with Gasteiger partial charge in [-0.05, 0) is 30.2 Å². The highest BCUT2D eigenvalue weighted by Gasteiger charge is 2.12. The first-order valence-corrected chi connectivity index (χ1v) is 8.24. The van der Waals surface area contributed by atoms with Gasteiger partial charge in [0.1, 0.15) is 5.69 Å². The van der Waals surface area contributed by atoms with Crippen molar-refractivity contribution in [1.29, 1.82) is 0 Å². The molecule has 0 atom stereocenters. The van der Waals surface area contributed by atoms with Crippen molar-refractivity contribution in [2.24, 2.45) is 0 Å². The molecule has 2 aromatic rings. The van der Waals surface area contributed by atoms with Crippen LogP contribution in [0.3, 0.4) is 0 Å². The van der Waals surface area contributed by atoms with Crippen molar-refractivity contribution in [3.63, 3.8) is 0 Å². The Balaban J connectivity index is 1.94. The number of hydrogen-bond donors (Lipinski definition) is 2. The van der Waals surface area contributed by atoms with Crippen molar-refractivity contribution in [3.8, 4) is 0 Å². The van der Waals surface area contributed by atoms with Crippen LogP contribution in [0.2, 0.25) is 5.02 Å². The summed E-state index contributed by atoms with van der Waals surface area (Å²) >= 11 is 6.06. The Morgan fingerprint density at radius 3 is 2.72 bits per heavy atom. The van der Waals surface area contributed by atoms with Crippen LogP contribution < -0.4 is 10.6 Å². The van der Waals surface area contributed by atoms with Crippen LogP contribution in [-0.2, 0) is 11.3 Å². The molecule has 0 aliphatic rings. The summed E-state index contributed by atoms with van der Waals surface area (Å²) in [6.45, 7) is 1.36. The lowest BCUT2D eigenvalue weighted by atomic mass is 10.2. The van der Waals surface area contributed by atoms with Crippen molar-refractivity contribution >= 4 is 23.4 Å². The van der Waals surface area contributed by atoms with Crippen LogP contribution in [0, 0.1) is 0 Å². The molecular formula is C18H20ClN3O3. The average molecular weight is 362 g/mol. The molecule has 0 fully saturated rings. The third kappa shape index (κ3) is 5.85. The molecule has 2 N–H and O–H groups in total. The number of carbonyl (C=O) groups is 2. The maximum Gasteiger partial charge on any atom is 0.270 e. The molecule has 0 spiro atoms. The first kappa shape index (κ1) is 18.9. The molecule has 6 nitrogen and oxygen atoms in total. The van der Waals surface area contributed by atoms with Crippen molar-refractivity contribution in [3.05, 3.63) is 64.4 Å². The van der Waals surface area contributed by atoms with Gasteiger partial charge in [-0.3, -0.25) is 14.6 Å². The number of nitrogens with zero attached hydrogens (tertiary/aromatic N) is 1. The average Bonchev–Trinajstić information content (AvgIpc) is 2.64. The summed E-state index contributed by atoms with van der Waals surface area (Å²) < 4.78 is 4.93. The molecule has 0 bridgehead atoms. The standard InChI is InChI=1S/C18H20ClN3O3/c1-25-10-4-8-21-17(23)13-7-9-20-16(11-13)18(24)22-12-14-5-2-3-6-15(14)19/h2-3,5-7,9,11H,4,8,10,12H2,1H3,(H,21,23)(H,22,24). The number of benzene rings is 1. The number of nitrogens with one attached hydrogen (secondary N) is 2. The van der Waals surface area contributed by atoms with Gasteiger partial charge in [0.15, 0.2) is 0 Å². The number of pyridine rings is 1. The zero-order valence-electron chi connectivity index (χ0n) is 13.9. The smallest absolute Gasteiger partial charge is 0.270 e. The maximum atomic E-state index is 12.2. The van der Waals surface area contributed by atoms with Gasteiger partial charge in [-0.25, -0.2) is 0 Å². The lowest BCUT2D eigenvalue weighted by Gasteiger charge is -2.08. The minimum absolute atomic E-state index is 0.177.